The Hall–Kier alpha value is -5.56. The predicted octanol–water partition coefficient (Wildman–Crippen LogP) is 9.50. The number of carbonyl (C=O) groups excluding carboxylic acids is 2. The van der Waals surface area contributed by atoms with E-state index >= 15 is 0 Å². The first-order valence-electron chi connectivity index (χ1n) is 16.2. The van der Waals surface area contributed by atoms with Crippen molar-refractivity contribution in [1.82, 2.24) is 0 Å². The van der Waals surface area contributed by atoms with Crippen LogP contribution in [0.4, 0.5) is 27.5 Å². The van der Waals surface area contributed by atoms with Crippen LogP contribution in [0.15, 0.2) is 121 Å². The van der Waals surface area contributed by atoms with Gasteiger partial charge in [-0.3, -0.25) is 4.90 Å². The van der Waals surface area contributed by atoms with Crippen LogP contribution >= 0.6 is 0 Å². The molecule has 7 heteroatoms. The number of esters is 1. The van der Waals surface area contributed by atoms with Gasteiger partial charge in [0.15, 0.2) is 5.60 Å². The average molecular weight is 624 g/mol. The van der Waals surface area contributed by atoms with Gasteiger partial charge in [-0.2, -0.15) is 0 Å². The smallest absolute Gasteiger partial charge is 0.340 e. The second kappa shape index (κ2) is 12.3. The van der Waals surface area contributed by atoms with Gasteiger partial charge in [0.1, 0.15) is 11.5 Å². The Morgan fingerprint density at radius 1 is 0.787 bits per heavy atom. The maximum absolute atomic E-state index is 14.0. The minimum Gasteiger partial charge on any atom is -0.456 e. The molecule has 5 aromatic rings. The van der Waals surface area contributed by atoms with Crippen LogP contribution in [0.3, 0.4) is 0 Å². The molecule has 1 atom stereocenters. The van der Waals surface area contributed by atoms with Gasteiger partial charge in [-0.25, -0.2) is 9.59 Å². The summed E-state index contributed by atoms with van der Waals surface area (Å²) in [6.45, 7) is 8.18. The van der Waals surface area contributed by atoms with E-state index in [9.17, 15) is 9.59 Å². The van der Waals surface area contributed by atoms with Gasteiger partial charge in [0.2, 0.25) is 0 Å². The lowest BCUT2D eigenvalue weighted by atomic mass is 9.76. The van der Waals surface area contributed by atoms with Crippen molar-refractivity contribution in [3.8, 4) is 11.5 Å². The van der Waals surface area contributed by atoms with Gasteiger partial charge >= 0.3 is 12.0 Å². The third-order valence-electron chi connectivity index (χ3n) is 8.89. The van der Waals surface area contributed by atoms with E-state index in [1.165, 1.54) is 0 Å². The molecule has 7 nitrogen and oxygen atoms in total. The van der Waals surface area contributed by atoms with Crippen molar-refractivity contribution in [3.05, 3.63) is 144 Å². The molecule has 2 heterocycles. The molecule has 5 aromatic carbocycles. The molecular weight excluding hydrogens is 586 g/mol. The van der Waals surface area contributed by atoms with Crippen LogP contribution < -0.4 is 19.9 Å². The number of hydrogen-bond donors (Lipinski definition) is 1. The average Bonchev–Trinajstić information content (AvgIpc) is 3.38. The Labute approximate surface area is 275 Å². The van der Waals surface area contributed by atoms with Gasteiger partial charge < -0.3 is 19.7 Å². The van der Waals surface area contributed by atoms with E-state index in [1.807, 2.05) is 115 Å². The normalized spacial score (nSPS) is 15.7. The van der Waals surface area contributed by atoms with Crippen LogP contribution in [0.5, 0.6) is 11.5 Å². The van der Waals surface area contributed by atoms with E-state index < -0.39 is 11.6 Å². The van der Waals surface area contributed by atoms with E-state index in [1.54, 1.807) is 4.90 Å². The lowest BCUT2D eigenvalue weighted by Crippen LogP contribution is -2.37. The fourth-order valence-electron chi connectivity index (χ4n) is 6.62. The number of amides is 2. The quantitative estimate of drug-likeness (QED) is 0.174. The molecule has 1 unspecified atom stereocenters. The van der Waals surface area contributed by atoms with Gasteiger partial charge in [-0.05, 0) is 79.9 Å². The second-order valence-corrected chi connectivity index (χ2v) is 12.3. The number of hydrogen-bond acceptors (Lipinski definition) is 5. The van der Waals surface area contributed by atoms with Crippen molar-refractivity contribution < 1.29 is 19.1 Å². The summed E-state index contributed by atoms with van der Waals surface area (Å²) in [6.07, 6.45) is 1.00. The highest BCUT2D eigenvalue weighted by atomic mass is 16.6. The second-order valence-electron chi connectivity index (χ2n) is 12.3. The van der Waals surface area contributed by atoms with E-state index in [0.29, 0.717) is 45.6 Å². The van der Waals surface area contributed by atoms with Gasteiger partial charge in [0, 0.05) is 35.6 Å². The SMILES string of the molecule is CCN(CCC(C)C)c1cccc2c1C1(OC(=O)c3ccccc31)c1cc(N(C(=O)Nc3ccccc3)c3ccccc3)ccc1O2. The number of fused-ring (bicyclic) bond motifs is 6. The first-order valence-corrected chi connectivity index (χ1v) is 16.2. The highest BCUT2D eigenvalue weighted by Crippen LogP contribution is 2.59. The number of ether oxygens (including phenoxy) is 2. The van der Waals surface area contributed by atoms with E-state index in [0.717, 1.165) is 36.3 Å². The van der Waals surface area contributed by atoms with Gasteiger partial charge in [0.05, 0.1) is 22.5 Å². The topological polar surface area (TPSA) is 71.1 Å². The molecule has 236 valence electrons. The molecule has 0 fully saturated rings. The Bertz CT molecular complexity index is 1940. The zero-order valence-electron chi connectivity index (χ0n) is 26.8. The molecule has 0 saturated heterocycles. The maximum atomic E-state index is 14.0. The van der Waals surface area contributed by atoms with Crippen molar-refractivity contribution >= 4 is 34.7 Å². The predicted molar refractivity (Wildman–Crippen MR) is 186 cm³/mol. The number of benzene rings is 5. The first kappa shape index (κ1) is 30.1. The molecule has 0 aliphatic carbocycles. The summed E-state index contributed by atoms with van der Waals surface area (Å²) in [4.78, 5) is 31.7. The molecule has 1 spiro atoms. The molecule has 0 aromatic heterocycles. The fraction of sp³-hybridized carbons (Fsp3) is 0.200. The van der Waals surface area contributed by atoms with E-state index in [-0.39, 0.29) is 6.03 Å². The summed E-state index contributed by atoms with van der Waals surface area (Å²) >= 11 is 0. The largest absolute Gasteiger partial charge is 0.456 e. The van der Waals surface area contributed by atoms with Crippen molar-refractivity contribution in [2.75, 3.05) is 28.2 Å². The standard InChI is InChI=1S/C40H37N3O4/c1-4-42(25-24-27(2)3)34-20-13-21-36-37(34)40(32-19-12-11-18-31(32)38(44)47-40)33-26-30(22-23-35(33)46-36)43(29-16-9-6-10-17-29)39(45)41-28-14-7-5-8-15-28/h5-23,26-27H,4,24-25H2,1-3H3,(H,41,45). The summed E-state index contributed by atoms with van der Waals surface area (Å²) < 4.78 is 13.2. The monoisotopic (exact) mass is 623 g/mol. The molecule has 1 N–H and O–H groups in total. The zero-order chi connectivity index (χ0) is 32.5. The number of nitrogens with one attached hydrogen (secondary N) is 1. The first-order chi connectivity index (χ1) is 22.9. The molecule has 2 aliphatic rings. The lowest BCUT2D eigenvalue weighted by molar-refractivity contribution is 0.0226. The Morgan fingerprint density at radius 2 is 1.51 bits per heavy atom. The molecular formula is C40H37N3O4. The molecule has 47 heavy (non-hydrogen) atoms. The van der Waals surface area contributed by atoms with E-state index in [4.69, 9.17) is 9.47 Å². The van der Waals surface area contributed by atoms with Crippen molar-refractivity contribution in [2.24, 2.45) is 5.92 Å². The fourth-order valence-corrected chi connectivity index (χ4v) is 6.62. The van der Waals surface area contributed by atoms with Crippen LogP contribution in [-0.4, -0.2) is 25.1 Å². The number of urea groups is 1. The van der Waals surface area contributed by atoms with Gasteiger partial charge in [0.25, 0.3) is 0 Å². The number of carbonyl (C=O) groups is 2. The van der Waals surface area contributed by atoms with Crippen molar-refractivity contribution in [1.29, 1.82) is 0 Å². The van der Waals surface area contributed by atoms with E-state index in [2.05, 4.69) is 37.1 Å². The summed E-state index contributed by atoms with van der Waals surface area (Å²) in [5.74, 6) is 1.32. The molecule has 2 amide bonds. The molecule has 2 aliphatic heterocycles. The molecule has 7 rings (SSSR count). The van der Waals surface area contributed by atoms with Crippen LogP contribution in [0.2, 0.25) is 0 Å². The highest BCUT2D eigenvalue weighted by Gasteiger charge is 2.55. The van der Waals surface area contributed by atoms with Crippen LogP contribution in [0.1, 0.15) is 54.2 Å². The number of rotatable bonds is 8. The number of nitrogens with zero attached hydrogens (tertiary/aromatic N) is 2. The van der Waals surface area contributed by atoms with Crippen molar-refractivity contribution in [2.45, 2.75) is 32.8 Å². The van der Waals surface area contributed by atoms with Crippen LogP contribution in [0.25, 0.3) is 0 Å². The number of anilines is 4. The highest BCUT2D eigenvalue weighted by molar-refractivity contribution is 6.07. The zero-order valence-corrected chi connectivity index (χ0v) is 26.8. The number of para-hydroxylation sites is 2. The Kier molecular flexibility index (Phi) is 7.90. The van der Waals surface area contributed by atoms with Crippen LogP contribution in [0, 0.1) is 5.92 Å². The molecule has 0 bridgehead atoms. The third-order valence-corrected chi connectivity index (χ3v) is 8.89. The van der Waals surface area contributed by atoms with Gasteiger partial charge in [-0.1, -0.05) is 74.5 Å². The minimum atomic E-state index is -1.30. The summed E-state index contributed by atoms with van der Waals surface area (Å²) in [6, 6.07) is 37.8. The van der Waals surface area contributed by atoms with Crippen LogP contribution in [-0.2, 0) is 10.3 Å². The Balaban J connectivity index is 1.44. The summed E-state index contributed by atoms with van der Waals surface area (Å²) in [5, 5.41) is 3.04. The van der Waals surface area contributed by atoms with Gasteiger partial charge in [-0.15, -0.1) is 0 Å². The minimum absolute atomic E-state index is 0.330. The lowest BCUT2D eigenvalue weighted by Gasteiger charge is -2.40. The van der Waals surface area contributed by atoms with Crippen molar-refractivity contribution in [3.63, 3.8) is 0 Å². The summed E-state index contributed by atoms with van der Waals surface area (Å²) in [5.41, 5.74) is 4.31. The third kappa shape index (κ3) is 5.27. The molecule has 0 saturated carbocycles. The summed E-state index contributed by atoms with van der Waals surface area (Å²) in [7, 11) is 0. The Morgan fingerprint density at radius 3 is 2.26 bits per heavy atom. The maximum Gasteiger partial charge on any atom is 0.340 e. The molecule has 0 radical (unpaired) electrons.